The number of ether oxygens (including phenoxy) is 2. The van der Waals surface area contributed by atoms with Crippen LogP contribution in [0, 0.1) is 5.92 Å². The van der Waals surface area contributed by atoms with Crippen molar-refractivity contribution in [3.8, 4) is 0 Å². The van der Waals surface area contributed by atoms with E-state index in [1.807, 2.05) is 0 Å². The first-order chi connectivity index (χ1) is 9.65. The molecule has 4 heteroatoms. The smallest absolute Gasteiger partial charge is 0.0829 e. The summed E-state index contributed by atoms with van der Waals surface area (Å²) in [6, 6.07) is 0. The molecule has 0 amide bonds. The van der Waals surface area contributed by atoms with Gasteiger partial charge in [0.1, 0.15) is 0 Å². The summed E-state index contributed by atoms with van der Waals surface area (Å²) in [5.74, 6) is 0.745. The van der Waals surface area contributed by atoms with E-state index in [2.05, 4.69) is 30.8 Å². The van der Waals surface area contributed by atoms with Gasteiger partial charge in [0.05, 0.1) is 25.4 Å². The minimum atomic E-state index is 0.354. The fraction of sp³-hybridized carbons (Fsp3) is 1.00. The molecule has 0 aromatic heterocycles. The topological polar surface area (TPSA) is 24.9 Å². The Balaban J connectivity index is 1.63. The van der Waals surface area contributed by atoms with E-state index in [1.165, 1.54) is 25.7 Å². The lowest BCUT2D eigenvalue weighted by molar-refractivity contribution is -0.0577. The van der Waals surface area contributed by atoms with Crippen molar-refractivity contribution < 1.29 is 9.47 Å². The van der Waals surface area contributed by atoms with E-state index >= 15 is 0 Å². The summed E-state index contributed by atoms with van der Waals surface area (Å²) in [6.07, 6.45) is 6.18. The van der Waals surface area contributed by atoms with Crippen molar-refractivity contribution >= 4 is 0 Å². The highest BCUT2D eigenvalue weighted by Gasteiger charge is 2.23. The standard InChI is InChI=1S/C16H32N2O2/c1-14-6-4-5-7-16(14)20-11-9-18-8-10-19-15(13-18)12-17(2)3/h14-16H,4-13H2,1-3H3/t14-,15-,16+/m1/s1. The third kappa shape index (κ3) is 5.32. The molecule has 0 unspecified atom stereocenters. The fourth-order valence-corrected chi connectivity index (χ4v) is 3.36. The van der Waals surface area contributed by atoms with Gasteiger partial charge in [0.25, 0.3) is 0 Å². The average molecular weight is 284 g/mol. The van der Waals surface area contributed by atoms with Crippen LogP contribution in [0.2, 0.25) is 0 Å². The first-order valence-corrected chi connectivity index (χ1v) is 8.25. The summed E-state index contributed by atoms with van der Waals surface area (Å²) in [7, 11) is 4.21. The largest absolute Gasteiger partial charge is 0.377 e. The molecule has 2 rings (SSSR count). The van der Waals surface area contributed by atoms with Crippen molar-refractivity contribution in [2.45, 2.75) is 44.8 Å². The summed E-state index contributed by atoms with van der Waals surface area (Å²) in [5, 5.41) is 0. The van der Waals surface area contributed by atoms with Crippen molar-refractivity contribution in [2.24, 2.45) is 5.92 Å². The molecule has 0 aromatic rings. The molecule has 1 saturated heterocycles. The molecule has 1 saturated carbocycles. The highest BCUT2D eigenvalue weighted by atomic mass is 16.5. The number of morpholine rings is 1. The van der Waals surface area contributed by atoms with Gasteiger partial charge in [0.2, 0.25) is 0 Å². The number of hydrogen-bond donors (Lipinski definition) is 0. The zero-order valence-electron chi connectivity index (χ0n) is 13.5. The highest BCUT2D eigenvalue weighted by Crippen LogP contribution is 2.26. The second-order valence-electron chi connectivity index (χ2n) is 6.73. The molecule has 20 heavy (non-hydrogen) atoms. The summed E-state index contributed by atoms with van der Waals surface area (Å²) < 4.78 is 11.9. The van der Waals surface area contributed by atoms with E-state index in [1.54, 1.807) is 0 Å². The summed E-state index contributed by atoms with van der Waals surface area (Å²) >= 11 is 0. The Morgan fingerprint density at radius 3 is 2.80 bits per heavy atom. The molecule has 0 aromatic carbocycles. The van der Waals surface area contributed by atoms with E-state index in [-0.39, 0.29) is 0 Å². The van der Waals surface area contributed by atoms with Gasteiger partial charge in [-0.25, -0.2) is 0 Å². The Morgan fingerprint density at radius 2 is 2.05 bits per heavy atom. The van der Waals surface area contributed by atoms with Crippen molar-refractivity contribution in [3.05, 3.63) is 0 Å². The molecular weight excluding hydrogens is 252 g/mol. The Kier molecular flexibility index (Phi) is 6.75. The maximum Gasteiger partial charge on any atom is 0.0829 e. The minimum Gasteiger partial charge on any atom is -0.377 e. The van der Waals surface area contributed by atoms with Crippen LogP contribution in [0.4, 0.5) is 0 Å². The second-order valence-corrected chi connectivity index (χ2v) is 6.73. The lowest BCUT2D eigenvalue weighted by Gasteiger charge is -2.35. The van der Waals surface area contributed by atoms with E-state index < -0.39 is 0 Å². The van der Waals surface area contributed by atoms with Crippen LogP contribution in [0.25, 0.3) is 0 Å². The zero-order valence-corrected chi connectivity index (χ0v) is 13.5. The van der Waals surface area contributed by atoms with Crippen LogP contribution in [0.15, 0.2) is 0 Å². The molecular formula is C16H32N2O2. The van der Waals surface area contributed by atoms with Crippen LogP contribution in [0.1, 0.15) is 32.6 Å². The lowest BCUT2D eigenvalue weighted by Crippen LogP contribution is -2.47. The summed E-state index contributed by atoms with van der Waals surface area (Å²) in [5.41, 5.74) is 0. The molecule has 0 radical (unpaired) electrons. The Hall–Kier alpha value is -0.160. The summed E-state index contributed by atoms with van der Waals surface area (Å²) in [6.45, 7) is 8.23. The van der Waals surface area contributed by atoms with Gasteiger partial charge < -0.3 is 14.4 Å². The Bertz CT molecular complexity index is 273. The Morgan fingerprint density at radius 1 is 1.25 bits per heavy atom. The molecule has 1 aliphatic heterocycles. The molecule has 0 bridgehead atoms. The summed E-state index contributed by atoms with van der Waals surface area (Å²) in [4.78, 5) is 4.69. The molecule has 0 N–H and O–H groups in total. The lowest BCUT2D eigenvalue weighted by atomic mass is 9.88. The van der Waals surface area contributed by atoms with E-state index in [0.717, 1.165) is 45.3 Å². The van der Waals surface area contributed by atoms with E-state index in [4.69, 9.17) is 9.47 Å². The molecule has 2 aliphatic rings. The van der Waals surface area contributed by atoms with Gasteiger partial charge in [-0.05, 0) is 32.9 Å². The van der Waals surface area contributed by atoms with Gasteiger partial charge in [-0.2, -0.15) is 0 Å². The van der Waals surface area contributed by atoms with Gasteiger partial charge in [-0.3, -0.25) is 4.90 Å². The average Bonchev–Trinajstić information content (AvgIpc) is 2.41. The molecule has 1 aliphatic carbocycles. The van der Waals surface area contributed by atoms with Crippen LogP contribution in [-0.4, -0.2) is 75.5 Å². The minimum absolute atomic E-state index is 0.354. The second kappa shape index (κ2) is 8.32. The molecule has 0 spiro atoms. The monoisotopic (exact) mass is 284 g/mol. The van der Waals surface area contributed by atoms with Crippen molar-refractivity contribution in [2.75, 3.05) is 53.5 Å². The van der Waals surface area contributed by atoms with Gasteiger partial charge in [-0.15, -0.1) is 0 Å². The fourth-order valence-electron chi connectivity index (χ4n) is 3.36. The van der Waals surface area contributed by atoms with E-state index in [9.17, 15) is 0 Å². The number of likely N-dealkylation sites (N-methyl/N-ethyl adjacent to an activating group) is 1. The SMILES string of the molecule is C[C@@H]1CCCC[C@@H]1OCCN1CCO[C@H](CN(C)C)C1. The van der Waals surface area contributed by atoms with Crippen LogP contribution < -0.4 is 0 Å². The third-order valence-corrected chi connectivity index (χ3v) is 4.56. The maximum absolute atomic E-state index is 6.12. The predicted octanol–water partition coefficient (Wildman–Crippen LogP) is 1.84. The van der Waals surface area contributed by atoms with Crippen LogP contribution in [-0.2, 0) is 9.47 Å². The van der Waals surface area contributed by atoms with Gasteiger partial charge in [-0.1, -0.05) is 19.8 Å². The maximum atomic E-state index is 6.12. The van der Waals surface area contributed by atoms with Crippen LogP contribution in [0.3, 0.4) is 0 Å². The Labute approximate surface area is 124 Å². The van der Waals surface area contributed by atoms with Crippen LogP contribution >= 0.6 is 0 Å². The number of hydrogen-bond acceptors (Lipinski definition) is 4. The molecule has 118 valence electrons. The van der Waals surface area contributed by atoms with Crippen molar-refractivity contribution in [1.82, 2.24) is 9.80 Å². The number of rotatable bonds is 6. The normalized spacial score (nSPS) is 32.7. The van der Waals surface area contributed by atoms with Crippen molar-refractivity contribution in [3.63, 3.8) is 0 Å². The van der Waals surface area contributed by atoms with Gasteiger partial charge in [0.15, 0.2) is 0 Å². The highest BCUT2D eigenvalue weighted by molar-refractivity contribution is 4.75. The first kappa shape index (κ1) is 16.2. The van der Waals surface area contributed by atoms with Gasteiger partial charge >= 0.3 is 0 Å². The molecule has 4 nitrogen and oxygen atoms in total. The first-order valence-electron chi connectivity index (χ1n) is 8.25. The predicted molar refractivity (Wildman–Crippen MR) is 82.1 cm³/mol. The molecule has 3 atom stereocenters. The quantitative estimate of drug-likeness (QED) is 0.743. The van der Waals surface area contributed by atoms with Gasteiger partial charge in [0, 0.05) is 26.2 Å². The molecule has 2 fully saturated rings. The van der Waals surface area contributed by atoms with Crippen LogP contribution in [0.5, 0.6) is 0 Å². The van der Waals surface area contributed by atoms with Crippen molar-refractivity contribution in [1.29, 1.82) is 0 Å². The zero-order chi connectivity index (χ0) is 14.4. The van der Waals surface area contributed by atoms with E-state index in [0.29, 0.717) is 12.2 Å². The number of nitrogens with zero attached hydrogens (tertiary/aromatic N) is 2. The third-order valence-electron chi connectivity index (χ3n) is 4.56. The molecule has 1 heterocycles.